The van der Waals surface area contributed by atoms with Crippen LogP contribution in [0.15, 0.2) is 48.5 Å². The lowest BCUT2D eigenvalue weighted by Gasteiger charge is -2.09. The third-order valence-electron chi connectivity index (χ3n) is 3.40. The molecule has 1 N–H and O–H groups in total. The Bertz CT molecular complexity index is 662. The third kappa shape index (κ3) is 3.95. The summed E-state index contributed by atoms with van der Waals surface area (Å²) < 4.78 is 5.07. The van der Waals surface area contributed by atoms with Crippen LogP contribution in [0.4, 0.5) is 0 Å². The second kappa shape index (κ2) is 7.41. The van der Waals surface area contributed by atoms with Crippen LogP contribution < -0.4 is 4.74 Å². The first-order valence-electron chi connectivity index (χ1n) is 7.06. The lowest BCUT2D eigenvalue weighted by molar-refractivity contribution is -0.118. The van der Waals surface area contributed by atoms with Gasteiger partial charge in [0.15, 0.2) is 5.78 Å². The number of phenolic OH excluding ortho intramolecular Hbond substituents is 1. The number of carbonyl (C=O) groups excluding carboxylic acids is 2. The number of hydrogen-bond donors (Lipinski definition) is 1. The number of ether oxygens (including phenoxy) is 1. The number of aromatic hydroxyl groups is 1. The second-order valence-electron chi connectivity index (χ2n) is 4.98. The highest BCUT2D eigenvalue weighted by molar-refractivity contribution is 6.10. The van der Waals surface area contributed by atoms with Crippen molar-refractivity contribution in [2.75, 3.05) is 7.11 Å². The van der Waals surface area contributed by atoms with E-state index in [9.17, 15) is 14.7 Å². The summed E-state index contributed by atoms with van der Waals surface area (Å²) in [6.07, 6.45) is 0.664. The van der Waals surface area contributed by atoms with Gasteiger partial charge in [0.05, 0.1) is 13.5 Å². The predicted octanol–water partition coefficient (Wildman–Crippen LogP) is 3.18. The van der Waals surface area contributed by atoms with Gasteiger partial charge in [0.1, 0.15) is 22.8 Å². The average Bonchev–Trinajstić information content (AvgIpc) is 2.53. The minimum Gasteiger partial charge on any atom is -0.507 e. The molecule has 0 spiro atoms. The van der Waals surface area contributed by atoms with Crippen LogP contribution in [0.25, 0.3) is 0 Å². The summed E-state index contributed by atoms with van der Waals surface area (Å²) in [4.78, 5) is 24.2. The number of carbonyl (C=O) groups is 2. The van der Waals surface area contributed by atoms with Crippen molar-refractivity contribution in [2.24, 2.45) is 0 Å². The van der Waals surface area contributed by atoms with E-state index in [0.29, 0.717) is 12.8 Å². The largest absolute Gasteiger partial charge is 0.507 e. The van der Waals surface area contributed by atoms with E-state index in [1.54, 1.807) is 12.1 Å². The monoisotopic (exact) mass is 298 g/mol. The van der Waals surface area contributed by atoms with Crippen molar-refractivity contribution in [1.82, 2.24) is 0 Å². The molecule has 0 heterocycles. The molecule has 0 aliphatic rings. The highest BCUT2D eigenvalue weighted by Crippen LogP contribution is 2.28. The fraction of sp³-hybridized carbons (Fsp3) is 0.222. The fourth-order valence-electron chi connectivity index (χ4n) is 2.25. The van der Waals surface area contributed by atoms with Crippen molar-refractivity contribution in [2.45, 2.75) is 19.3 Å². The van der Waals surface area contributed by atoms with Crippen LogP contribution >= 0.6 is 0 Å². The number of benzene rings is 2. The molecule has 0 fully saturated rings. The molecule has 0 unspecified atom stereocenters. The van der Waals surface area contributed by atoms with E-state index >= 15 is 0 Å². The molecule has 2 aromatic rings. The minimum atomic E-state index is -0.423. The summed E-state index contributed by atoms with van der Waals surface area (Å²) in [6.45, 7) is 0. The summed E-state index contributed by atoms with van der Waals surface area (Å²) in [5.74, 6) is -0.465. The average molecular weight is 298 g/mol. The lowest BCUT2D eigenvalue weighted by atomic mass is 10.00. The van der Waals surface area contributed by atoms with Crippen LogP contribution in [0.3, 0.4) is 0 Å². The van der Waals surface area contributed by atoms with Crippen molar-refractivity contribution < 1.29 is 19.4 Å². The van der Waals surface area contributed by atoms with Crippen LogP contribution in [-0.4, -0.2) is 23.8 Å². The van der Waals surface area contributed by atoms with Gasteiger partial charge in [-0.25, -0.2) is 0 Å². The van der Waals surface area contributed by atoms with E-state index in [-0.39, 0.29) is 29.3 Å². The molecule has 22 heavy (non-hydrogen) atoms. The zero-order chi connectivity index (χ0) is 15.9. The summed E-state index contributed by atoms with van der Waals surface area (Å²) in [5.41, 5.74) is 1.13. The van der Waals surface area contributed by atoms with Crippen LogP contribution in [0.1, 0.15) is 28.8 Å². The summed E-state index contributed by atoms with van der Waals surface area (Å²) >= 11 is 0. The predicted molar refractivity (Wildman–Crippen MR) is 83.4 cm³/mol. The molecular formula is C18H18O4. The zero-order valence-corrected chi connectivity index (χ0v) is 12.4. The van der Waals surface area contributed by atoms with Gasteiger partial charge < -0.3 is 9.84 Å². The SMILES string of the molecule is COc1cccc(O)c1C(=O)CC(=O)CCc1ccccc1. The van der Waals surface area contributed by atoms with E-state index in [1.165, 1.54) is 13.2 Å². The van der Waals surface area contributed by atoms with Gasteiger partial charge in [-0.15, -0.1) is 0 Å². The normalized spacial score (nSPS) is 10.2. The number of aryl methyl sites for hydroxylation is 1. The van der Waals surface area contributed by atoms with Crippen molar-refractivity contribution in [3.05, 3.63) is 59.7 Å². The van der Waals surface area contributed by atoms with Crippen LogP contribution in [0.5, 0.6) is 11.5 Å². The first-order chi connectivity index (χ1) is 10.6. The Labute approximate surface area is 129 Å². The number of ketones is 2. The molecule has 0 aliphatic heterocycles. The maximum absolute atomic E-state index is 12.2. The number of Topliss-reactive ketones (excluding diaryl/α,β-unsaturated/α-hetero) is 2. The molecule has 0 atom stereocenters. The maximum atomic E-state index is 12.2. The first-order valence-corrected chi connectivity index (χ1v) is 7.06. The molecule has 0 saturated heterocycles. The van der Waals surface area contributed by atoms with Crippen molar-refractivity contribution in [1.29, 1.82) is 0 Å². The standard InChI is InChI=1S/C18H18O4/c1-22-17-9-5-8-15(20)18(17)16(21)12-14(19)11-10-13-6-3-2-4-7-13/h2-9,20H,10-12H2,1H3. The number of hydrogen-bond acceptors (Lipinski definition) is 4. The fourth-order valence-corrected chi connectivity index (χ4v) is 2.25. The molecule has 114 valence electrons. The van der Waals surface area contributed by atoms with Gasteiger partial charge in [-0.1, -0.05) is 36.4 Å². The van der Waals surface area contributed by atoms with E-state index < -0.39 is 5.78 Å². The summed E-state index contributed by atoms with van der Waals surface area (Å²) in [5, 5.41) is 9.80. The van der Waals surface area contributed by atoms with Gasteiger partial charge in [0.2, 0.25) is 0 Å². The van der Waals surface area contributed by atoms with Crippen molar-refractivity contribution in [3.63, 3.8) is 0 Å². The summed E-state index contributed by atoms with van der Waals surface area (Å²) in [7, 11) is 1.42. The maximum Gasteiger partial charge on any atom is 0.177 e. The Morgan fingerprint density at radius 1 is 1.05 bits per heavy atom. The van der Waals surface area contributed by atoms with Crippen LogP contribution in [0, 0.1) is 0 Å². The Morgan fingerprint density at radius 3 is 2.45 bits per heavy atom. The van der Waals surface area contributed by atoms with Gasteiger partial charge in [-0.2, -0.15) is 0 Å². The van der Waals surface area contributed by atoms with E-state index in [2.05, 4.69) is 0 Å². The Hall–Kier alpha value is -2.62. The van der Waals surface area contributed by atoms with Crippen molar-refractivity contribution in [3.8, 4) is 11.5 Å². The molecule has 2 aromatic carbocycles. The van der Waals surface area contributed by atoms with Crippen LogP contribution in [0.2, 0.25) is 0 Å². The first kappa shape index (κ1) is 15.8. The van der Waals surface area contributed by atoms with E-state index in [1.807, 2.05) is 30.3 Å². The molecule has 0 radical (unpaired) electrons. The smallest absolute Gasteiger partial charge is 0.177 e. The molecule has 4 nitrogen and oxygen atoms in total. The van der Waals surface area contributed by atoms with Gasteiger partial charge in [0.25, 0.3) is 0 Å². The van der Waals surface area contributed by atoms with Gasteiger partial charge in [-0.05, 0) is 24.1 Å². The Morgan fingerprint density at radius 2 is 1.77 bits per heavy atom. The molecule has 0 saturated carbocycles. The van der Waals surface area contributed by atoms with Crippen LogP contribution in [-0.2, 0) is 11.2 Å². The molecule has 0 aromatic heterocycles. The number of rotatable bonds is 7. The Balaban J connectivity index is 1.99. The minimum absolute atomic E-state index is 0.0676. The van der Waals surface area contributed by atoms with E-state index in [0.717, 1.165) is 5.56 Å². The third-order valence-corrected chi connectivity index (χ3v) is 3.40. The molecular weight excluding hydrogens is 280 g/mol. The second-order valence-corrected chi connectivity index (χ2v) is 4.98. The van der Waals surface area contributed by atoms with Gasteiger partial charge in [-0.3, -0.25) is 9.59 Å². The molecule has 4 heteroatoms. The molecule has 2 rings (SSSR count). The van der Waals surface area contributed by atoms with Gasteiger partial charge >= 0.3 is 0 Å². The highest BCUT2D eigenvalue weighted by Gasteiger charge is 2.19. The Kier molecular flexibility index (Phi) is 5.31. The molecule has 0 bridgehead atoms. The summed E-state index contributed by atoms with van der Waals surface area (Å²) in [6, 6.07) is 14.2. The zero-order valence-electron chi connectivity index (χ0n) is 12.4. The van der Waals surface area contributed by atoms with E-state index in [4.69, 9.17) is 4.74 Å². The number of phenols is 1. The molecule has 0 amide bonds. The quantitative estimate of drug-likeness (QED) is 0.630. The number of methoxy groups -OCH3 is 1. The molecule has 0 aliphatic carbocycles. The van der Waals surface area contributed by atoms with Gasteiger partial charge in [0, 0.05) is 6.42 Å². The lowest BCUT2D eigenvalue weighted by Crippen LogP contribution is -2.10. The highest BCUT2D eigenvalue weighted by atomic mass is 16.5. The topological polar surface area (TPSA) is 63.6 Å². The van der Waals surface area contributed by atoms with Crippen molar-refractivity contribution >= 4 is 11.6 Å².